The van der Waals surface area contributed by atoms with Crippen LogP contribution in [0.3, 0.4) is 0 Å². The lowest BCUT2D eigenvalue weighted by Gasteiger charge is -2.14. The van der Waals surface area contributed by atoms with E-state index >= 15 is 0 Å². The van der Waals surface area contributed by atoms with Gasteiger partial charge in [-0.1, -0.05) is 36.9 Å². The molecule has 1 aromatic carbocycles. The number of hydrogen-bond acceptors (Lipinski definition) is 6. The monoisotopic (exact) mass is 318 g/mol. The number of amides is 3. The Balaban J connectivity index is 1.79. The molecule has 0 unspecified atom stereocenters. The highest BCUT2D eigenvalue weighted by atomic mass is 16.7. The molecule has 1 saturated heterocycles. The maximum atomic E-state index is 11.7. The SMILES string of the molecule is C=C(NC(=O)OCc1ccccc1)C(=O)ON1C(=O)CCC1=O. The van der Waals surface area contributed by atoms with Gasteiger partial charge in [0, 0.05) is 12.8 Å². The molecule has 1 aliphatic rings. The highest BCUT2D eigenvalue weighted by Crippen LogP contribution is 2.13. The summed E-state index contributed by atoms with van der Waals surface area (Å²) in [5.74, 6) is -2.36. The Hall–Kier alpha value is -3.16. The fourth-order valence-corrected chi connectivity index (χ4v) is 1.73. The first-order chi connectivity index (χ1) is 11.0. The molecule has 1 heterocycles. The molecule has 8 heteroatoms. The Morgan fingerprint density at radius 2 is 1.74 bits per heavy atom. The Morgan fingerprint density at radius 3 is 2.35 bits per heavy atom. The summed E-state index contributed by atoms with van der Waals surface area (Å²) in [6.07, 6.45) is -0.953. The van der Waals surface area contributed by atoms with Crippen LogP contribution in [0.4, 0.5) is 4.79 Å². The summed E-state index contributed by atoms with van der Waals surface area (Å²) in [6.45, 7) is 3.32. The number of hydrogen-bond donors (Lipinski definition) is 1. The first-order valence-corrected chi connectivity index (χ1v) is 6.72. The fourth-order valence-electron chi connectivity index (χ4n) is 1.73. The third-order valence-corrected chi connectivity index (χ3v) is 2.89. The van der Waals surface area contributed by atoms with Crippen molar-refractivity contribution in [2.24, 2.45) is 0 Å². The predicted molar refractivity (Wildman–Crippen MR) is 76.1 cm³/mol. The number of rotatable bonds is 5. The van der Waals surface area contributed by atoms with E-state index in [1.165, 1.54) is 0 Å². The largest absolute Gasteiger partial charge is 0.444 e. The van der Waals surface area contributed by atoms with Gasteiger partial charge < -0.3 is 9.57 Å². The topological polar surface area (TPSA) is 102 Å². The maximum Gasteiger partial charge on any atom is 0.412 e. The third kappa shape index (κ3) is 4.40. The van der Waals surface area contributed by atoms with Crippen molar-refractivity contribution in [3.63, 3.8) is 0 Å². The lowest BCUT2D eigenvalue weighted by atomic mass is 10.2. The molecule has 0 saturated carbocycles. The summed E-state index contributed by atoms with van der Waals surface area (Å²) >= 11 is 0. The van der Waals surface area contributed by atoms with Crippen molar-refractivity contribution in [3.05, 3.63) is 48.2 Å². The van der Waals surface area contributed by atoms with Crippen LogP contribution in [-0.4, -0.2) is 28.9 Å². The molecular formula is C15H14N2O6. The second-order valence-electron chi connectivity index (χ2n) is 4.63. The van der Waals surface area contributed by atoms with Gasteiger partial charge in [0.1, 0.15) is 12.3 Å². The van der Waals surface area contributed by atoms with Crippen LogP contribution in [0.15, 0.2) is 42.6 Å². The normalized spacial score (nSPS) is 13.7. The maximum absolute atomic E-state index is 11.7. The molecule has 3 amide bonds. The van der Waals surface area contributed by atoms with Gasteiger partial charge in [0.2, 0.25) is 0 Å². The van der Waals surface area contributed by atoms with Crippen LogP contribution in [-0.2, 0) is 30.6 Å². The molecule has 120 valence electrons. The molecule has 1 fully saturated rings. The number of carbonyl (C=O) groups excluding carboxylic acids is 4. The van der Waals surface area contributed by atoms with Crippen molar-refractivity contribution >= 4 is 23.9 Å². The summed E-state index contributed by atoms with van der Waals surface area (Å²) < 4.78 is 4.89. The van der Waals surface area contributed by atoms with Gasteiger partial charge in [-0.15, -0.1) is 5.06 Å². The summed E-state index contributed by atoms with van der Waals surface area (Å²) in [6, 6.07) is 8.93. The Morgan fingerprint density at radius 1 is 1.13 bits per heavy atom. The number of ether oxygens (including phenoxy) is 1. The molecule has 8 nitrogen and oxygen atoms in total. The lowest BCUT2D eigenvalue weighted by Crippen LogP contribution is -2.36. The number of nitrogens with one attached hydrogen (secondary N) is 1. The molecule has 0 spiro atoms. The molecule has 1 aliphatic heterocycles. The predicted octanol–water partition coefficient (Wildman–Crippen LogP) is 1.03. The molecule has 1 N–H and O–H groups in total. The minimum Gasteiger partial charge on any atom is -0.444 e. The molecule has 0 aromatic heterocycles. The van der Waals surface area contributed by atoms with E-state index in [0.29, 0.717) is 5.06 Å². The van der Waals surface area contributed by atoms with Gasteiger partial charge in [0.05, 0.1) is 0 Å². The van der Waals surface area contributed by atoms with Crippen LogP contribution < -0.4 is 5.32 Å². The molecule has 0 bridgehead atoms. The zero-order chi connectivity index (χ0) is 16.8. The zero-order valence-corrected chi connectivity index (χ0v) is 12.1. The summed E-state index contributed by atoms with van der Waals surface area (Å²) in [5.41, 5.74) is 0.319. The smallest absolute Gasteiger partial charge is 0.412 e. The van der Waals surface area contributed by atoms with E-state index in [2.05, 4.69) is 16.7 Å². The van der Waals surface area contributed by atoms with Crippen molar-refractivity contribution in [3.8, 4) is 0 Å². The Labute approximate surface area is 131 Å². The van der Waals surface area contributed by atoms with Gasteiger partial charge in [0.15, 0.2) is 0 Å². The van der Waals surface area contributed by atoms with Crippen LogP contribution in [0.2, 0.25) is 0 Å². The molecule has 0 atom stereocenters. The minimum atomic E-state index is -1.12. The number of carbonyl (C=O) groups is 4. The molecule has 23 heavy (non-hydrogen) atoms. The Kier molecular flexibility index (Phi) is 5.08. The van der Waals surface area contributed by atoms with E-state index in [1.807, 2.05) is 6.07 Å². The van der Waals surface area contributed by atoms with Gasteiger partial charge in [-0.05, 0) is 5.56 Å². The molecule has 1 aromatic rings. The van der Waals surface area contributed by atoms with Crippen molar-refractivity contribution < 1.29 is 28.8 Å². The molecular weight excluding hydrogens is 304 g/mol. The van der Waals surface area contributed by atoms with E-state index in [4.69, 9.17) is 4.74 Å². The van der Waals surface area contributed by atoms with E-state index in [0.717, 1.165) is 5.56 Å². The Bertz CT molecular complexity index is 639. The summed E-state index contributed by atoms with van der Waals surface area (Å²) in [4.78, 5) is 50.4. The zero-order valence-electron chi connectivity index (χ0n) is 12.1. The number of nitrogens with zero attached hydrogens (tertiary/aromatic N) is 1. The van der Waals surface area contributed by atoms with E-state index in [9.17, 15) is 19.2 Å². The van der Waals surface area contributed by atoms with Crippen LogP contribution >= 0.6 is 0 Å². The third-order valence-electron chi connectivity index (χ3n) is 2.89. The second-order valence-corrected chi connectivity index (χ2v) is 4.63. The average Bonchev–Trinajstić information content (AvgIpc) is 2.85. The molecule has 0 radical (unpaired) electrons. The second kappa shape index (κ2) is 7.21. The van der Waals surface area contributed by atoms with Crippen molar-refractivity contribution in [2.75, 3.05) is 0 Å². The molecule has 2 rings (SSSR count). The first kappa shape index (κ1) is 16.2. The van der Waals surface area contributed by atoms with Crippen molar-refractivity contribution in [1.82, 2.24) is 10.4 Å². The van der Waals surface area contributed by atoms with Crippen molar-refractivity contribution in [2.45, 2.75) is 19.4 Å². The fraction of sp³-hybridized carbons (Fsp3) is 0.200. The first-order valence-electron chi connectivity index (χ1n) is 6.72. The van der Waals surface area contributed by atoms with Gasteiger partial charge >= 0.3 is 12.1 Å². The quantitative estimate of drug-likeness (QED) is 0.643. The van der Waals surface area contributed by atoms with Crippen LogP contribution in [0.25, 0.3) is 0 Å². The number of alkyl carbamates (subject to hydrolysis) is 1. The number of hydroxylamine groups is 2. The van der Waals surface area contributed by atoms with Crippen LogP contribution in [0.5, 0.6) is 0 Å². The van der Waals surface area contributed by atoms with Gasteiger partial charge in [-0.3, -0.25) is 14.9 Å². The number of benzene rings is 1. The highest BCUT2D eigenvalue weighted by Gasteiger charge is 2.33. The van der Waals surface area contributed by atoms with Crippen LogP contribution in [0, 0.1) is 0 Å². The van der Waals surface area contributed by atoms with E-state index in [1.54, 1.807) is 24.3 Å². The van der Waals surface area contributed by atoms with E-state index < -0.39 is 29.6 Å². The van der Waals surface area contributed by atoms with Gasteiger partial charge in [-0.2, -0.15) is 0 Å². The molecule has 0 aliphatic carbocycles. The van der Waals surface area contributed by atoms with Gasteiger partial charge in [0.25, 0.3) is 11.8 Å². The summed E-state index contributed by atoms with van der Waals surface area (Å²) in [5, 5.41) is 2.44. The van der Waals surface area contributed by atoms with Crippen LogP contribution in [0.1, 0.15) is 18.4 Å². The lowest BCUT2D eigenvalue weighted by molar-refractivity contribution is -0.194. The highest BCUT2D eigenvalue weighted by molar-refractivity contribution is 6.02. The summed E-state index contributed by atoms with van der Waals surface area (Å²) in [7, 11) is 0. The van der Waals surface area contributed by atoms with Crippen molar-refractivity contribution in [1.29, 1.82) is 0 Å². The van der Waals surface area contributed by atoms with E-state index in [-0.39, 0.29) is 19.4 Å². The average molecular weight is 318 g/mol. The van der Waals surface area contributed by atoms with Gasteiger partial charge in [-0.25, -0.2) is 9.59 Å². The standard InChI is InChI=1S/C15H14N2O6/c1-10(14(20)23-17-12(18)7-8-13(17)19)16-15(21)22-9-11-5-3-2-4-6-11/h2-6H,1,7-9H2,(H,16,21). The minimum absolute atomic E-state index is 0.0120. The number of imide groups is 1.